The van der Waals surface area contributed by atoms with Crippen molar-refractivity contribution in [1.82, 2.24) is 0 Å². The molecule has 1 saturated heterocycles. The third-order valence-corrected chi connectivity index (χ3v) is 4.89. The van der Waals surface area contributed by atoms with Crippen LogP contribution in [-0.4, -0.2) is 48.7 Å². The van der Waals surface area contributed by atoms with Crippen LogP contribution in [0, 0.1) is 20.8 Å². The molecule has 1 aromatic rings. The highest BCUT2D eigenvalue weighted by molar-refractivity contribution is 5.44. The van der Waals surface area contributed by atoms with Crippen molar-refractivity contribution in [1.29, 1.82) is 0 Å². The van der Waals surface area contributed by atoms with Gasteiger partial charge in [-0.3, -0.25) is 0 Å². The third kappa shape index (κ3) is 4.22. The Kier molecular flexibility index (Phi) is 6.24. The number of aryl methyl sites for hydroxylation is 2. The zero-order valence-corrected chi connectivity index (χ0v) is 14.1. The largest absolute Gasteiger partial charge is 0.490 e. The summed E-state index contributed by atoms with van der Waals surface area (Å²) in [5, 5.41) is 19.8. The summed E-state index contributed by atoms with van der Waals surface area (Å²) < 4.78 is 5.89. The molecule has 0 spiro atoms. The van der Waals surface area contributed by atoms with E-state index in [-0.39, 0.29) is 12.6 Å². The van der Waals surface area contributed by atoms with Crippen LogP contribution in [0.3, 0.4) is 0 Å². The summed E-state index contributed by atoms with van der Waals surface area (Å²) in [5.41, 5.74) is 3.46. The normalized spacial score (nSPS) is 23.3. The van der Waals surface area contributed by atoms with E-state index in [4.69, 9.17) is 4.74 Å². The predicted octanol–water partition coefficient (Wildman–Crippen LogP) is 0.781. The molecule has 22 heavy (non-hydrogen) atoms. The zero-order valence-electron chi connectivity index (χ0n) is 14.1. The molecule has 3 atom stereocenters. The maximum atomic E-state index is 10.3. The van der Waals surface area contributed by atoms with Crippen molar-refractivity contribution in [3.63, 3.8) is 0 Å². The summed E-state index contributed by atoms with van der Waals surface area (Å²) in [6, 6.07) is 4.42. The quantitative estimate of drug-likeness (QED) is 0.728. The number of benzene rings is 1. The lowest BCUT2D eigenvalue weighted by Crippen LogP contribution is -3.18. The molecule has 2 rings (SSSR count). The fourth-order valence-corrected chi connectivity index (χ4v) is 3.33. The average Bonchev–Trinajstić information content (AvgIpc) is 2.51. The molecule has 0 amide bonds. The van der Waals surface area contributed by atoms with Crippen LogP contribution < -0.4 is 9.64 Å². The molecule has 4 heteroatoms. The van der Waals surface area contributed by atoms with Gasteiger partial charge in [0.25, 0.3) is 0 Å². The van der Waals surface area contributed by atoms with Gasteiger partial charge in [-0.05, 0) is 50.3 Å². The second-order valence-electron chi connectivity index (χ2n) is 6.61. The van der Waals surface area contributed by atoms with E-state index in [2.05, 4.69) is 26.0 Å². The van der Waals surface area contributed by atoms with E-state index in [0.29, 0.717) is 13.2 Å². The first-order valence-corrected chi connectivity index (χ1v) is 8.36. The van der Waals surface area contributed by atoms with Crippen molar-refractivity contribution in [3.8, 4) is 5.75 Å². The minimum atomic E-state index is -0.499. The Labute approximate surface area is 133 Å². The molecule has 0 bridgehead atoms. The van der Waals surface area contributed by atoms with E-state index in [0.717, 1.165) is 29.8 Å². The highest BCUT2D eigenvalue weighted by atomic mass is 16.5. The smallest absolute Gasteiger partial charge is 0.137 e. The predicted molar refractivity (Wildman–Crippen MR) is 87.6 cm³/mol. The number of rotatable bonds is 6. The van der Waals surface area contributed by atoms with Crippen LogP contribution in [0.1, 0.15) is 36.0 Å². The Morgan fingerprint density at radius 1 is 1.23 bits per heavy atom. The van der Waals surface area contributed by atoms with E-state index in [1.54, 1.807) is 0 Å². The Balaban J connectivity index is 1.90. The summed E-state index contributed by atoms with van der Waals surface area (Å²) in [6.07, 6.45) is 2.91. The minimum Gasteiger partial charge on any atom is -0.490 e. The molecule has 1 fully saturated rings. The van der Waals surface area contributed by atoms with Gasteiger partial charge in [0.15, 0.2) is 0 Å². The number of aliphatic hydroxyl groups is 2. The maximum absolute atomic E-state index is 10.3. The summed E-state index contributed by atoms with van der Waals surface area (Å²) in [4.78, 5) is 1.31. The number of piperidine rings is 1. The Morgan fingerprint density at radius 3 is 2.68 bits per heavy atom. The Bertz CT molecular complexity index is 489. The average molecular weight is 308 g/mol. The Morgan fingerprint density at radius 2 is 1.95 bits per heavy atom. The van der Waals surface area contributed by atoms with Crippen molar-refractivity contribution in [2.45, 2.75) is 52.2 Å². The van der Waals surface area contributed by atoms with Crippen LogP contribution >= 0.6 is 0 Å². The molecule has 1 aromatic carbocycles. The van der Waals surface area contributed by atoms with E-state index in [1.165, 1.54) is 23.3 Å². The van der Waals surface area contributed by atoms with Crippen molar-refractivity contribution in [3.05, 3.63) is 28.8 Å². The summed E-state index contributed by atoms with van der Waals surface area (Å²) in [6.45, 7) is 8.36. The molecule has 0 aromatic heterocycles. The highest BCUT2D eigenvalue weighted by Crippen LogP contribution is 2.25. The first kappa shape index (κ1) is 17.3. The van der Waals surface area contributed by atoms with Crippen LogP contribution in [0.15, 0.2) is 12.1 Å². The van der Waals surface area contributed by atoms with Gasteiger partial charge >= 0.3 is 0 Å². The maximum Gasteiger partial charge on any atom is 0.137 e. The highest BCUT2D eigenvalue weighted by Gasteiger charge is 2.27. The molecule has 1 unspecified atom stereocenters. The third-order valence-electron chi connectivity index (χ3n) is 4.89. The molecule has 0 saturated carbocycles. The first-order valence-electron chi connectivity index (χ1n) is 8.36. The molecule has 0 aliphatic carbocycles. The van der Waals surface area contributed by atoms with E-state index in [9.17, 15) is 10.2 Å². The van der Waals surface area contributed by atoms with Crippen molar-refractivity contribution < 1.29 is 19.8 Å². The number of nitrogens with one attached hydrogen (secondary N) is 1. The molecular weight excluding hydrogens is 278 g/mol. The SMILES string of the molecule is Cc1ccc(C)c(OC[C@@H](O)C[NH+]2CCCC[C@@H]2CO)c1C. The number of likely N-dealkylation sites (tertiary alicyclic amines) is 1. The van der Waals surface area contributed by atoms with Crippen LogP contribution in [-0.2, 0) is 0 Å². The molecule has 1 aliphatic heterocycles. The van der Waals surface area contributed by atoms with Crippen molar-refractivity contribution in [2.24, 2.45) is 0 Å². The molecule has 3 N–H and O–H groups in total. The summed E-state index contributed by atoms with van der Waals surface area (Å²) >= 11 is 0. The van der Waals surface area contributed by atoms with Crippen LogP contribution in [0.4, 0.5) is 0 Å². The van der Waals surface area contributed by atoms with Gasteiger partial charge in [-0.15, -0.1) is 0 Å². The van der Waals surface area contributed by atoms with Gasteiger partial charge < -0.3 is 19.8 Å². The fraction of sp³-hybridized carbons (Fsp3) is 0.667. The summed E-state index contributed by atoms with van der Waals surface area (Å²) in [5.74, 6) is 0.895. The number of quaternary nitrogens is 1. The first-order chi connectivity index (χ1) is 10.5. The standard InChI is InChI=1S/C18H29NO3/c1-13-7-8-14(2)18(15(13)3)22-12-17(21)10-19-9-5-4-6-16(19)11-20/h7-8,16-17,20-21H,4-6,9-12H2,1-3H3/p+1/t16-,17+/m1/s1. The minimum absolute atomic E-state index is 0.207. The van der Waals surface area contributed by atoms with Crippen LogP contribution in [0.5, 0.6) is 5.75 Å². The van der Waals surface area contributed by atoms with Crippen molar-refractivity contribution in [2.75, 3.05) is 26.3 Å². The monoisotopic (exact) mass is 308 g/mol. The number of hydrogen-bond acceptors (Lipinski definition) is 3. The van der Waals surface area contributed by atoms with E-state index >= 15 is 0 Å². The fourth-order valence-electron chi connectivity index (χ4n) is 3.33. The van der Waals surface area contributed by atoms with Crippen LogP contribution in [0.25, 0.3) is 0 Å². The topological polar surface area (TPSA) is 54.1 Å². The van der Waals surface area contributed by atoms with E-state index < -0.39 is 6.10 Å². The van der Waals surface area contributed by atoms with Gasteiger partial charge in [-0.2, -0.15) is 0 Å². The lowest BCUT2D eigenvalue weighted by Gasteiger charge is -2.32. The lowest BCUT2D eigenvalue weighted by molar-refractivity contribution is -0.933. The van der Waals surface area contributed by atoms with Gasteiger partial charge in [0, 0.05) is 6.42 Å². The summed E-state index contributed by atoms with van der Waals surface area (Å²) in [7, 11) is 0. The second-order valence-corrected chi connectivity index (χ2v) is 6.61. The van der Waals surface area contributed by atoms with Gasteiger partial charge in [0.1, 0.15) is 31.0 Å². The number of hydrogen-bond donors (Lipinski definition) is 3. The Hall–Kier alpha value is -1.10. The lowest BCUT2D eigenvalue weighted by atomic mass is 10.0. The second kappa shape index (κ2) is 7.95. The van der Waals surface area contributed by atoms with Gasteiger partial charge in [0.2, 0.25) is 0 Å². The molecule has 1 heterocycles. The van der Waals surface area contributed by atoms with Crippen molar-refractivity contribution >= 4 is 0 Å². The van der Waals surface area contributed by atoms with Crippen LogP contribution in [0.2, 0.25) is 0 Å². The zero-order chi connectivity index (χ0) is 16.1. The molecule has 1 aliphatic rings. The molecule has 4 nitrogen and oxygen atoms in total. The van der Waals surface area contributed by atoms with Gasteiger partial charge in [-0.25, -0.2) is 0 Å². The number of ether oxygens (including phenoxy) is 1. The van der Waals surface area contributed by atoms with E-state index in [1.807, 2.05) is 6.92 Å². The van der Waals surface area contributed by atoms with Gasteiger partial charge in [-0.1, -0.05) is 12.1 Å². The molecule has 124 valence electrons. The number of aliphatic hydroxyl groups excluding tert-OH is 2. The van der Waals surface area contributed by atoms with Gasteiger partial charge in [0.05, 0.1) is 13.2 Å². The molecule has 0 radical (unpaired) electrons. The molecular formula is C18H30NO3+.